The van der Waals surface area contributed by atoms with Gasteiger partial charge in [-0.05, 0) is 23.8 Å². The second kappa shape index (κ2) is 8.69. The van der Waals surface area contributed by atoms with Gasteiger partial charge in [-0.2, -0.15) is 0 Å². The van der Waals surface area contributed by atoms with Crippen LogP contribution in [0.25, 0.3) is 21.5 Å². The van der Waals surface area contributed by atoms with E-state index >= 15 is 0 Å². The number of methoxy groups -OCH3 is 1. The van der Waals surface area contributed by atoms with Crippen molar-refractivity contribution in [3.8, 4) is 10.6 Å². The van der Waals surface area contributed by atoms with E-state index in [1.165, 1.54) is 18.4 Å². The third-order valence-corrected chi connectivity index (χ3v) is 5.82. The molecule has 8 heteroatoms. The van der Waals surface area contributed by atoms with Crippen molar-refractivity contribution in [3.05, 3.63) is 76.4 Å². The quantitative estimate of drug-likeness (QED) is 0.434. The number of nitrogens with zero attached hydrogens (tertiary/aromatic N) is 1. The molecule has 0 saturated heterocycles. The first kappa shape index (κ1) is 20.1. The Kier molecular flexibility index (Phi) is 5.83. The minimum Gasteiger partial charge on any atom is -0.467 e. The lowest BCUT2D eigenvalue weighted by Gasteiger charge is -2.15. The third-order valence-electron chi connectivity index (χ3n) is 4.70. The van der Waals surface area contributed by atoms with Gasteiger partial charge in [-0.25, -0.2) is 9.78 Å². The van der Waals surface area contributed by atoms with Crippen molar-refractivity contribution in [2.75, 3.05) is 7.11 Å². The molecule has 152 valence electrons. The summed E-state index contributed by atoms with van der Waals surface area (Å²) in [5.41, 5.74) is 2.95. The summed E-state index contributed by atoms with van der Waals surface area (Å²) in [6.45, 7) is 0. The molecule has 0 fully saturated rings. The molecule has 0 spiro atoms. The van der Waals surface area contributed by atoms with E-state index in [1.807, 2.05) is 42.6 Å². The Morgan fingerprint density at radius 1 is 1.23 bits per heavy atom. The molecule has 1 atom stereocenters. The van der Waals surface area contributed by atoms with Crippen LogP contribution in [0.15, 0.2) is 60.1 Å². The first-order chi connectivity index (χ1) is 14.5. The lowest BCUT2D eigenvalue weighted by atomic mass is 10.0. The fourth-order valence-corrected chi connectivity index (χ4v) is 4.21. The maximum atomic E-state index is 12.8. The third kappa shape index (κ3) is 4.22. The Labute approximate surface area is 181 Å². The van der Waals surface area contributed by atoms with Gasteiger partial charge in [0.15, 0.2) is 0 Å². The average molecular weight is 440 g/mol. The number of nitrogens with one attached hydrogen (secondary N) is 2. The predicted molar refractivity (Wildman–Crippen MR) is 118 cm³/mol. The molecule has 6 nitrogen and oxygen atoms in total. The number of esters is 1. The summed E-state index contributed by atoms with van der Waals surface area (Å²) < 4.78 is 4.90. The molecular formula is C22H18ClN3O3S. The number of aromatic amines is 1. The number of aromatic nitrogens is 2. The Balaban J connectivity index is 1.53. The van der Waals surface area contributed by atoms with E-state index in [1.54, 1.807) is 17.5 Å². The molecule has 2 aromatic heterocycles. The average Bonchev–Trinajstić information content (AvgIpc) is 3.40. The van der Waals surface area contributed by atoms with E-state index < -0.39 is 17.9 Å². The number of carbonyl (C=O) groups is 2. The van der Waals surface area contributed by atoms with E-state index in [4.69, 9.17) is 16.3 Å². The van der Waals surface area contributed by atoms with Crippen molar-refractivity contribution in [1.82, 2.24) is 15.3 Å². The van der Waals surface area contributed by atoms with Crippen molar-refractivity contribution in [1.29, 1.82) is 0 Å². The first-order valence-electron chi connectivity index (χ1n) is 9.20. The number of benzene rings is 2. The summed E-state index contributed by atoms with van der Waals surface area (Å²) in [7, 11) is 1.30. The molecule has 0 unspecified atom stereocenters. The van der Waals surface area contributed by atoms with Crippen LogP contribution in [0.5, 0.6) is 0 Å². The van der Waals surface area contributed by atoms with E-state index in [2.05, 4.69) is 15.3 Å². The van der Waals surface area contributed by atoms with Crippen LogP contribution in [-0.4, -0.2) is 35.0 Å². The molecule has 1 amide bonds. The second-order valence-corrected chi connectivity index (χ2v) is 7.96. The van der Waals surface area contributed by atoms with Crippen molar-refractivity contribution in [2.24, 2.45) is 0 Å². The zero-order chi connectivity index (χ0) is 21.1. The van der Waals surface area contributed by atoms with Crippen molar-refractivity contribution >= 4 is 45.7 Å². The molecule has 4 aromatic rings. The molecule has 30 heavy (non-hydrogen) atoms. The number of rotatable bonds is 6. The summed E-state index contributed by atoms with van der Waals surface area (Å²) in [5, 5.41) is 6.68. The minimum absolute atomic E-state index is 0.239. The topological polar surface area (TPSA) is 84.1 Å². The Morgan fingerprint density at radius 3 is 2.87 bits per heavy atom. The highest BCUT2D eigenvalue weighted by Crippen LogP contribution is 2.26. The maximum Gasteiger partial charge on any atom is 0.328 e. The van der Waals surface area contributed by atoms with Gasteiger partial charge in [0.1, 0.15) is 16.7 Å². The number of hydrogen-bond donors (Lipinski definition) is 2. The minimum atomic E-state index is -0.835. The lowest BCUT2D eigenvalue weighted by Crippen LogP contribution is -2.43. The van der Waals surface area contributed by atoms with E-state index in [0.717, 1.165) is 22.0 Å². The van der Waals surface area contributed by atoms with Crippen molar-refractivity contribution in [3.63, 3.8) is 0 Å². The van der Waals surface area contributed by atoms with Gasteiger partial charge in [0.2, 0.25) is 0 Å². The number of amides is 1. The van der Waals surface area contributed by atoms with Crippen LogP contribution >= 0.6 is 22.9 Å². The molecule has 4 rings (SSSR count). The van der Waals surface area contributed by atoms with E-state index in [0.29, 0.717) is 16.5 Å². The monoisotopic (exact) mass is 439 g/mol. The summed E-state index contributed by atoms with van der Waals surface area (Å²) in [4.78, 5) is 32.7. The summed E-state index contributed by atoms with van der Waals surface area (Å²) >= 11 is 7.37. The van der Waals surface area contributed by atoms with Gasteiger partial charge in [-0.1, -0.05) is 41.9 Å². The molecule has 0 saturated carbocycles. The predicted octanol–water partition coefficient (Wildman–Crippen LogP) is 4.46. The molecule has 2 heterocycles. The number of para-hydroxylation sites is 1. The fraction of sp³-hybridized carbons (Fsp3) is 0.136. The highest BCUT2D eigenvalue weighted by molar-refractivity contribution is 7.13. The molecular weight excluding hydrogens is 422 g/mol. The molecule has 2 aromatic carbocycles. The van der Waals surface area contributed by atoms with Crippen LogP contribution in [0.3, 0.4) is 0 Å². The van der Waals surface area contributed by atoms with Crippen LogP contribution in [0.4, 0.5) is 0 Å². The molecule has 0 radical (unpaired) electrons. The highest BCUT2D eigenvalue weighted by Gasteiger charge is 2.25. The van der Waals surface area contributed by atoms with Gasteiger partial charge in [0, 0.05) is 39.5 Å². The fourth-order valence-electron chi connectivity index (χ4n) is 3.22. The number of H-pyrrole nitrogens is 1. The number of thiazole rings is 1. The van der Waals surface area contributed by atoms with Gasteiger partial charge in [-0.3, -0.25) is 4.79 Å². The zero-order valence-electron chi connectivity index (χ0n) is 16.0. The molecule has 0 bridgehead atoms. The van der Waals surface area contributed by atoms with E-state index in [9.17, 15) is 9.59 Å². The zero-order valence-corrected chi connectivity index (χ0v) is 17.6. The molecule has 2 N–H and O–H groups in total. The van der Waals surface area contributed by atoms with E-state index in [-0.39, 0.29) is 5.69 Å². The second-order valence-electron chi connectivity index (χ2n) is 6.66. The largest absolute Gasteiger partial charge is 0.467 e. The highest BCUT2D eigenvalue weighted by atomic mass is 35.5. The van der Waals surface area contributed by atoms with Crippen molar-refractivity contribution < 1.29 is 14.3 Å². The molecule has 0 aliphatic rings. The summed E-state index contributed by atoms with van der Waals surface area (Å²) in [6.07, 6.45) is 2.14. The van der Waals surface area contributed by atoms with Gasteiger partial charge >= 0.3 is 5.97 Å². The number of carbonyl (C=O) groups excluding carboxylic acids is 2. The van der Waals surface area contributed by atoms with Gasteiger partial charge in [0.25, 0.3) is 5.91 Å². The van der Waals surface area contributed by atoms with Crippen LogP contribution < -0.4 is 5.32 Å². The summed E-state index contributed by atoms with van der Waals surface area (Å²) in [5.74, 6) is -0.950. The Bertz CT molecular complexity index is 1220. The SMILES string of the molecule is COC(=O)[C@@H](Cc1c[nH]c2ccccc12)NC(=O)c1csc(-c2cccc(Cl)c2)n1. The van der Waals surface area contributed by atoms with Gasteiger partial charge < -0.3 is 15.0 Å². The number of ether oxygens (including phenoxy) is 1. The smallest absolute Gasteiger partial charge is 0.328 e. The van der Waals surface area contributed by atoms with Crippen molar-refractivity contribution in [2.45, 2.75) is 12.5 Å². The maximum absolute atomic E-state index is 12.8. The van der Waals surface area contributed by atoms with Gasteiger partial charge in [-0.15, -0.1) is 11.3 Å². The summed E-state index contributed by atoms with van der Waals surface area (Å²) in [6, 6.07) is 14.2. The van der Waals surface area contributed by atoms with Crippen LogP contribution in [0.2, 0.25) is 5.02 Å². The number of fused-ring (bicyclic) bond motifs is 1. The van der Waals surface area contributed by atoms with Crippen LogP contribution in [0, 0.1) is 0 Å². The van der Waals surface area contributed by atoms with Crippen LogP contribution in [-0.2, 0) is 16.0 Å². The molecule has 0 aliphatic carbocycles. The standard InChI is InChI=1S/C22H18ClN3O3S/c1-29-22(28)18(10-14-11-24-17-8-3-2-7-16(14)17)25-20(27)19-12-30-21(26-19)13-5-4-6-15(23)9-13/h2-9,11-12,18,24H,10H2,1H3,(H,25,27)/t18-/m1/s1. The van der Waals surface area contributed by atoms with Gasteiger partial charge in [0.05, 0.1) is 7.11 Å². The Hall–Kier alpha value is -3.16. The lowest BCUT2D eigenvalue weighted by molar-refractivity contribution is -0.142. The first-order valence-corrected chi connectivity index (χ1v) is 10.5. The number of halogens is 1. The van der Waals surface area contributed by atoms with Crippen LogP contribution in [0.1, 0.15) is 16.1 Å². The normalized spacial score (nSPS) is 11.9. The Morgan fingerprint density at radius 2 is 2.07 bits per heavy atom. The molecule has 0 aliphatic heterocycles. The number of hydrogen-bond acceptors (Lipinski definition) is 5.